The average molecular weight is 263 g/mol. The Kier molecular flexibility index (Phi) is 3.12. The second-order valence-corrected chi connectivity index (χ2v) is 7.28. The van der Waals surface area contributed by atoms with Crippen LogP contribution in [0, 0.1) is 0 Å². The van der Waals surface area contributed by atoms with Crippen molar-refractivity contribution in [3.63, 3.8) is 0 Å². The summed E-state index contributed by atoms with van der Waals surface area (Å²) in [6.45, 7) is 10.9. The van der Waals surface area contributed by atoms with Crippen LogP contribution in [-0.4, -0.2) is 41.8 Å². The van der Waals surface area contributed by atoms with Crippen molar-refractivity contribution in [1.29, 1.82) is 0 Å². The summed E-state index contributed by atoms with van der Waals surface area (Å²) in [6, 6.07) is 0. The van der Waals surface area contributed by atoms with Crippen molar-refractivity contribution in [2.45, 2.75) is 70.1 Å². The van der Waals surface area contributed by atoms with Crippen LogP contribution < -0.4 is 0 Å². The molecule has 0 amide bonds. The minimum atomic E-state index is -0.231. The number of hydrogen-bond donors (Lipinski definition) is 0. The monoisotopic (exact) mass is 263 g/mol. The van der Waals surface area contributed by atoms with Gasteiger partial charge in [-0.15, -0.1) is 0 Å². The van der Waals surface area contributed by atoms with Crippen LogP contribution in [0.15, 0.2) is 12.1 Å². The van der Waals surface area contributed by atoms with E-state index in [-0.39, 0.29) is 18.3 Å². The lowest BCUT2D eigenvalue weighted by Crippen LogP contribution is -2.41. The molecular formula is C15H26BNO2. The van der Waals surface area contributed by atoms with Gasteiger partial charge >= 0.3 is 7.12 Å². The molecule has 0 atom stereocenters. The topological polar surface area (TPSA) is 21.7 Å². The standard InChI is InChI=1S/C15H26BNO2/c1-13(2)14(3,4)19-16(18-13)10-9-15-7-5-11-17(15)12-6-8-15/h9-10H,5-8,11-12H2,1-4H3. The zero-order valence-corrected chi connectivity index (χ0v) is 12.7. The van der Waals surface area contributed by atoms with Gasteiger partial charge in [-0.3, -0.25) is 4.90 Å². The van der Waals surface area contributed by atoms with Gasteiger partial charge in [0.25, 0.3) is 0 Å². The average Bonchev–Trinajstić information content (AvgIpc) is 2.87. The van der Waals surface area contributed by atoms with Gasteiger partial charge in [-0.05, 0) is 66.5 Å². The van der Waals surface area contributed by atoms with E-state index in [2.05, 4.69) is 44.6 Å². The van der Waals surface area contributed by atoms with E-state index in [0.29, 0.717) is 5.54 Å². The SMILES string of the molecule is CC1(C)OB(C=CC23CCCN2CCC3)OC1(C)C. The summed E-state index contributed by atoms with van der Waals surface area (Å²) in [6.07, 6.45) is 7.61. The summed E-state index contributed by atoms with van der Waals surface area (Å²) < 4.78 is 12.1. The van der Waals surface area contributed by atoms with E-state index in [1.807, 2.05) is 0 Å². The first kappa shape index (κ1) is 13.7. The van der Waals surface area contributed by atoms with E-state index in [1.54, 1.807) is 0 Å². The predicted octanol–water partition coefficient (Wildman–Crippen LogP) is 2.80. The highest BCUT2D eigenvalue weighted by Crippen LogP contribution is 2.41. The third kappa shape index (κ3) is 2.18. The molecule has 0 saturated carbocycles. The molecule has 0 aromatic rings. The number of fused-ring (bicyclic) bond motifs is 1. The van der Waals surface area contributed by atoms with Crippen LogP contribution in [0.2, 0.25) is 0 Å². The fourth-order valence-corrected chi connectivity index (χ4v) is 3.65. The minimum Gasteiger partial charge on any atom is -0.400 e. The summed E-state index contributed by atoms with van der Waals surface area (Å²) in [5, 5.41) is 0. The molecule has 0 aliphatic carbocycles. The molecule has 3 fully saturated rings. The van der Waals surface area contributed by atoms with Crippen molar-refractivity contribution in [2.75, 3.05) is 13.1 Å². The smallest absolute Gasteiger partial charge is 0.400 e. The lowest BCUT2D eigenvalue weighted by Gasteiger charge is -2.32. The maximum atomic E-state index is 6.04. The van der Waals surface area contributed by atoms with Gasteiger partial charge < -0.3 is 9.31 Å². The summed E-state index contributed by atoms with van der Waals surface area (Å²) in [7, 11) is -0.192. The maximum absolute atomic E-state index is 6.04. The molecule has 3 heterocycles. The van der Waals surface area contributed by atoms with E-state index in [0.717, 1.165) is 0 Å². The zero-order valence-electron chi connectivity index (χ0n) is 12.7. The third-order valence-electron chi connectivity index (χ3n) is 5.54. The van der Waals surface area contributed by atoms with Crippen LogP contribution in [0.4, 0.5) is 0 Å². The fourth-order valence-electron chi connectivity index (χ4n) is 3.65. The maximum Gasteiger partial charge on any atom is 0.486 e. The molecule has 3 aliphatic rings. The number of hydrogen-bond acceptors (Lipinski definition) is 3. The van der Waals surface area contributed by atoms with E-state index >= 15 is 0 Å². The van der Waals surface area contributed by atoms with Crippen LogP contribution in [0.5, 0.6) is 0 Å². The Labute approximate surface area is 117 Å². The van der Waals surface area contributed by atoms with Gasteiger partial charge in [-0.2, -0.15) is 0 Å². The molecule has 0 spiro atoms. The van der Waals surface area contributed by atoms with Gasteiger partial charge in [0, 0.05) is 5.54 Å². The number of rotatable bonds is 2. The van der Waals surface area contributed by atoms with E-state index in [1.165, 1.54) is 38.8 Å². The van der Waals surface area contributed by atoms with E-state index in [4.69, 9.17) is 9.31 Å². The molecule has 0 aromatic heterocycles. The molecule has 19 heavy (non-hydrogen) atoms. The van der Waals surface area contributed by atoms with Crippen molar-refractivity contribution < 1.29 is 9.31 Å². The predicted molar refractivity (Wildman–Crippen MR) is 78.0 cm³/mol. The Hall–Kier alpha value is -0.315. The fraction of sp³-hybridized carbons (Fsp3) is 0.867. The molecule has 4 heteroatoms. The number of nitrogens with zero attached hydrogens (tertiary/aromatic N) is 1. The van der Waals surface area contributed by atoms with Crippen LogP contribution in [0.1, 0.15) is 53.4 Å². The molecule has 3 rings (SSSR count). The Morgan fingerprint density at radius 1 is 0.947 bits per heavy atom. The Bertz CT molecular complexity index is 366. The summed E-state index contributed by atoms with van der Waals surface area (Å²) in [4.78, 5) is 2.63. The molecule has 0 aromatic carbocycles. The molecule has 3 saturated heterocycles. The van der Waals surface area contributed by atoms with Crippen LogP contribution in [0.3, 0.4) is 0 Å². The van der Waals surface area contributed by atoms with E-state index in [9.17, 15) is 0 Å². The Morgan fingerprint density at radius 3 is 2.00 bits per heavy atom. The lowest BCUT2D eigenvalue weighted by atomic mass is 9.84. The largest absolute Gasteiger partial charge is 0.486 e. The second-order valence-electron chi connectivity index (χ2n) is 7.28. The first-order chi connectivity index (χ1) is 8.85. The molecule has 0 bridgehead atoms. The van der Waals surface area contributed by atoms with Crippen molar-refractivity contribution in [3.05, 3.63) is 12.1 Å². The zero-order chi connectivity index (χ0) is 13.7. The lowest BCUT2D eigenvalue weighted by molar-refractivity contribution is 0.00578. The summed E-state index contributed by atoms with van der Waals surface area (Å²) >= 11 is 0. The van der Waals surface area contributed by atoms with Crippen molar-refractivity contribution in [3.8, 4) is 0 Å². The van der Waals surface area contributed by atoms with Crippen molar-refractivity contribution in [2.24, 2.45) is 0 Å². The van der Waals surface area contributed by atoms with Gasteiger partial charge in [0.2, 0.25) is 0 Å². The molecule has 0 unspecified atom stereocenters. The molecule has 3 aliphatic heterocycles. The highest BCUT2D eigenvalue weighted by atomic mass is 16.7. The third-order valence-corrected chi connectivity index (χ3v) is 5.54. The molecule has 0 radical (unpaired) electrons. The molecule has 3 nitrogen and oxygen atoms in total. The van der Waals surface area contributed by atoms with Crippen LogP contribution in [0.25, 0.3) is 0 Å². The molecule has 0 N–H and O–H groups in total. The summed E-state index contributed by atoms with van der Waals surface area (Å²) in [5.74, 6) is 2.15. The minimum absolute atomic E-state index is 0.192. The highest BCUT2D eigenvalue weighted by Gasteiger charge is 2.50. The highest BCUT2D eigenvalue weighted by molar-refractivity contribution is 6.51. The Balaban J connectivity index is 1.71. The molecule has 106 valence electrons. The molecular weight excluding hydrogens is 237 g/mol. The van der Waals surface area contributed by atoms with Gasteiger partial charge in [0.15, 0.2) is 0 Å². The van der Waals surface area contributed by atoms with E-state index < -0.39 is 0 Å². The van der Waals surface area contributed by atoms with Crippen molar-refractivity contribution in [1.82, 2.24) is 4.90 Å². The van der Waals surface area contributed by atoms with Gasteiger partial charge in [-0.1, -0.05) is 12.1 Å². The van der Waals surface area contributed by atoms with Crippen LogP contribution in [-0.2, 0) is 9.31 Å². The van der Waals surface area contributed by atoms with Gasteiger partial charge in [0.05, 0.1) is 11.2 Å². The Morgan fingerprint density at radius 2 is 1.47 bits per heavy atom. The van der Waals surface area contributed by atoms with Crippen LogP contribution >= 0.6 is 0 Å². The summed E-state index contributed by atoms with van der Waals surface area (Å²) in [5.41, 5.74) is -0.154. The first-order valence-corrected chi connectivity index (χ1v) is 7.65. The first-order valence-electron chi connectivity index (χ1n) is 7.65. The van der Waals surface area contributed by atoms with Crippen molar-refractivity contribution >= 4 is 7.12 Å². The van der Waals surface area contributed by atoms with Gasteiger partial charge in [-0.25, -0.2) is 0 Å². The quantitative estimate of drug-likeness (QED) is 0.715. The normalized spacial score (nSPS) is 32.3. The second kappa shape index (κ2) is 4.34. The van der Waals surface area contributed by atoms with Gasteiger partial charge in [0.1, 0.15) is 0 Å².